The summed E-state index contributed by atoms with van der Waals surface area (Å²) in [6, 6.07) is 69.8. The molecular formula is C50H35NO. The second-order valence-corrected chi connectivity index (χ2v) is 13.8. The Labute approximate surface area is 303 Å². The largest absolute Gasteiger partial charge is 0.456 e. The highest BCUT2D eigenvalue weighted by atomic mass is 16.3. The van der Waals surface area contributed by atoms with Crippen molar-refractivity contribution in [1.29, 1.82) is 0 Å². The minimum atomic E-state index is -0.353. The maximum atomic E-state index is 6.86. The average molecular weight is 666 g/mol. The van der Waals surface area contributed by atoms with Gasteiger partial charge in [0.15, 0.2) is 0 Å². The first-order chi connectivity index (χ1) is 25.7. The van der Waals surface area contributed by atoms with Gasteiger partial charge in [0.25, 0.3) is 0 Å². The minimum absolute atomic E-state index is 0.353. The summed E-state index contributed by atoms with van der Waals surface area (Å²) in [7, 11) is 0. The summed E-state index contributed by atoms with van der Waals surface area (Å²) < 4.78 is 6.86. The number of furan rings is 1. The summed E-state index contributed by atoms with van der Waals surface area (Å²) >= 11 is 0. The van der Waals surface area contributed by atoms with Gasteiger partial charge >= 0.3 is 0 Å². The number of para-hydroxylation sites is 1. The van der Waals surface area contributed by atoms with E-state index in [-0.39, 0.29) is 5.41 Å². The van der Waals surface area contributed by atoms with Crippen LogP contribution < -0.4 is 4.90 Å². The van der Waals surface area contributed by atoms with Crippen LogP contribution in [0.4, 0.5) is 17.1 Å². The van der Waals surface area contributed by atoms with Gasteiger partial charge in [-0.05, 0) is 93.9 Å². The highest BCUT2D eigenvalue weighted by Gasteiger charge is 2.42. The van der Waals surface area contributed by atoms with Gasteiger partial charge in [-0.3, -0.25) is 0 Å². The number of anilines is 3. The van der Waals surface area contributed by atoms with Crippen molar-refractivity contribution in [3.63, 3.8) is 0 Å². The van der Waals surface area contributed by atoms with Crippen LogP contribution >= 0.6 is 0 Å². The summed E-state index contributed by atoms with van der Waals surface area (Å²) in [6.07, 6.45) is 0. The molecule has 1 heterocycles. The molecule has 0 fully saturated rings. The molecule has 2 nitrogen and oxygen atoms in total. The van der Waals surface area contributed by atoms with Gasteiger partial charge in [-0.25, -0.2) is 0 Å². The van der Waals surface area contributed by atoms with Crippen molar-refractivity contribution >= 4 is 39.0 Å². The lowest BCUT2D eigenvalue weighted by Gasteiger charge is -2.28. The van der Waals surface area contributed by atoms with Gasteiger partial charge in [0, 0.05) is 38.8 Å². The first-order valence-corrected chi connectivity index (χ1v) is 17.9. The van der Waals surface area contributed by atoms with E-state index in [2.05, 4.69) is 206 Å². The zero-order valence-corrected chi connectivity index (χ0v) is 28.8. The van der Waals surface area contributed by atoms with Gasteiger partial charge in [0.2, 0.25) is 0 Å². The number of hydrogen-bond acceptors (Lipinski definition) is 2. The molecule has 2 heteroatoms. The first kappa shape index (κ1) is 30.2. The van der Waals surface area contributed by atoms with E-state index >= 15 is 0 Å². The minimum Gasteiger partial charge on any atom is -0.456 e. The molecule has 0 spiro atoms. The van der Waals surface area contributed by atoms with Crippen LogP contribution in [0.3, 0.4) is 0 Å². The van der Waals surface area contributed by atoms with Crippen molar-refractivity contribution in [3.8, 4) is 33.4 Å². The van der Waals surface area contributed by atoms with Crippen LogP contribution in [-0.4, -0.2) is 0 Å². The van der Waals surface area contributed by atoms with E-state index in [1.807, 2.05) is 0 Å². The number of benzene rings is 8. The van der Waals surface area contributed by atoms with Gasteiger partial charge in [0.1, 0.15) is 11.2 Å². The summed E-state index contributed by atoms with van der Waals surface area (Å²) in [4.78, 5) is 2.36. The highest BCUT2D eigenvalue weighted by Crippen LogP contribution is 2.54. The fourth-order valence-corrected chi connectivity index (χ4v) is 8.40. The van der Waals surface area contributed by atoms with Crippen molar-refractivity contribution in [2.45, 2.75) is 12.3 Å². The van der Waals surface area contributed by atoms with E-state index in [0.717, 1.165) is 39.0 Å². The Balaban J connectivity index is 1.14. The Morgan fingerprint density at radius 2 is 0.904 bits per heavy atom. The van der Waals surface area contributed by atoms with E-state index in [1.165, 1.54) is 50.1 Å². The van der Waals surface area contributed by atoms with Gasteiger partial charge in [-0.1, -0.05) is 152 Å². The number of nitrogens with zero attached hydrogens (tertiary/aromatic N) is 1. The number of rotatable bonds is 6. The normalized spacial score (nSPS) is 12.9. The lowest BCUT2D eigenvalue weighted by molar-refractivity contribution is 0.638. The van der Waals surface area contributed by atoms with Crippen molar-refractivity contribution in [2.24, 2.45) is 0 Å². The molecule has 8 aromatic carbocycles. The number of fused-ring (bicyclic) bond motifs is 6. The second-order valence-electron chi connectivity index (χ2n) is 13.8. The Morgan fingerprint density at radius 3 is 1.60 bits per heavy atom. The second kappa shape index (κ2) is 12.0. The summed E-state index contributed by atoms with van der Waals surface area (Å²) in [5, 5.41) is 2.22. The van der Waals surface area contributed by atoms with Crippen molar-refractivity contribution in [2.75, 3.05) is 4.90 Å². The molecule has 1 aliphatic carbocycles. The molecule has 0 saturated heterocycles. The van der Waals surface area contributed by atoms with E-state index in [1.54, 1.807) is 0 Å². The fourth-order valence-electron chi connectivity index (χ4n) is 8.40. The topological polar surface area (TPSA) is 16.4 Å². The van der Waals surface area contributed by atoms with E-state index < -0.39 is 0 Å². The highest BCUT2D eigenvalue weighted by molar-refractivity contribution is 6.08. The summed E-state index contributed by atoms with van der Waals surface area (Å²) in [5.41, 5.74) is 15.9. The molecule has 1 aliphatic rings. The lowest BCUT2D eigenvalue weighted by Crippen LogP contribution is -2.22. The molecule has 10 rings (SSSR count). The zero-order valence-electron chi connectivity index (χ0n) is 28.8. The molecule has 0 saturated carbocycles. The molecule has 1 aromatic heterocycles. The smallest absolute Gasteiger partial charge is 0.139 e. The standard InChI is InChI=1S/C50H35NO/c1-50(45-23-10-8-20-41(45)42-21-9-11-24-46(42)50)47-25-13-22-43-44-33-40(30-31-48(44)52-49(43)47)51(38-28-26-36(27-29-38)34-14-4-2-5-15-34)39-19-12-18-37(32-39)35-16-6-3-7-17-35/h2-33H,1H3. The first-order valence-electron chi connectivity index (χ1n) is 17.9. The molecule has 0 bridgehead atoms. The fraction of sp³-hybridized carbons (Fsp3) is 0.0400. The summed E-state index contributed by atoms with van der Waals surface area (Å²) in [6.45, 7) is 2.35. The van der Waals surface area contributed by atoms with Crippen LogP contribution in [0.5, 0.6) is 0 Å². The third kappa shape index (κ3) is 4.72. The van der Waals surface area contributed by atoms with E-state index in [9.17, 15) is 0 Å². The molecule has 0 radical (unpaired) electrons. The maximum Gasteiger partial charge on any atom is 0.139 e. The van der Waals surface area contributed by atoms with Crippen LogP contribution in [0, 0.1) is 0 Å². The van der Waals surface area contributed by atoms with Crippen LogP contribution in [0.2, 0.25) is 0 Å². The van der Waals surface area contributed by atoms with Gasteiger partial charge < -0.3 is 9.32 Å². The third-order valence-corrected chi connectivity index (χ3v) is 10.9. The van der Waals surface area contributed by atoms with Crippen LogP contribution in [0.1, 0.15) is 23.6 Å². The Bertz CT molecular complexity index is 2700. The van der Waals surface area contributed by atoms with Crippen LogP contribution in [0.25, 0.3) is 55.3 Å². The summed E-state index contributed by atoms with van der Waals surface area (Å²) in [5.74, 6) is 0. The van der Waals surface area contributed by atoms with Gasteiger partial charge in [-0.2, -0.15) is 0 Å². The van der Waals surface area contributed by atoms with E-state index in [0.29, 0.717) is 0 Å². The molecule has 0 aliphatic heterocycles. The maximum absolute atomic E-state index is 6.86. The van der Waals surface area contributed by atoms with E-state index in [4.69, 9.17) is 4.42 Å². The number of hydrogen-bond donors (Lipinski definition) is 0. The predicted molar refractivity (Wildman–Crippen MR) is 217 cm³/mol. The molecule has 52 heavy (non-hydrogen) atoms. The van der Waals surface area contributed by atoms with Gasteiger partial charge in [-0.15, -0.1) is 0 Å². The monoisotopic (exact) mass is 665 g/mol. The molecule has 0 N–H and O–H groups in total. The third-order valence-electron chi connectivity index (χ3n) is 10.9. The predicted octanol–water partition coefficient (Wildman–Crippen LogP) is 13.7. The quantitative estimate of drug-likeness (QED) is 0.176. The molecule has 0 atom stereocenters. The van der Waals surface area contributed by atoms with Crippen LogP contribution in [0.15, 0.2) is 199 Å². The molecule has 0 unspecified atom stereocenters. The Morgan fingerprint density at radius 1 is 0.385 bits per heavy atom. The van der Waals surface area contributed by atoms with Crippen LogP contribution in [-0.2, 0) is 5.41 Å². The van der Waals surface area contributed by atoms with Crippen molar-refractivity contribution < 1.29 is 4.42 Å². The zero-order chi connectivity index (χ0) is 34.6. The average Bonchev–Trinajstić information content (AvgIpc) is 3.72. The SMILES string of the molecule is CC1(c2cccc3c2oc2ccc(N(c4ccc(-c5ccccc5)cc4)c4cccc(-c5ccccc5)c4)cc23)c2ccccc2-c2ccccc21. The molecule has 246 valence electrons. The molecule has 9 aromatic rings. The van der Waals surface area contributed by atoms with Gasteiger partial charge in [0.05, 0.1) is 0 Å². The van der Waals surface area contributed by atoms with Crippen molar-refractivity contribution in [3.05, 3.63) is 211 Å². The lowest BCUT2D eigenvalue weighted by atomic mass is 9.74. The molecular weight excluding hydrogens is 631 g/mol. The van der Waals surface area contributed by atoms with Crippen molar-refractivity contribution in [1.82, 2.24) is 0 Å². The Kier molecular flexibility index (Phi) is 6.97. The molecule has 0 amide bonds. The Hall–Kier alpha value is -6.64.